The normalized spacial score (nSPS) is 11.2. The number of nitrogens with zero attached hydrogens (tertiary/aromatic N) is 1. The minimum Gasteiger partial charge on any atom is -0.484 e. The number of carbonyl (C=O) groups excluding carboxylic acids is 1. The molecule has 1 atom stereocenters. The molecule has 0 aliphatic rings. The Morgan fingerprint density at radius 1 is 1.38 bits per heavy atom. The van der Waals surface area contributed by atoms with Gasteiger partial charge in [0.2, 0.25) is 0 Å². The highest BCUT2D eigenvalue weighted by molar-refractivity contribution is 5.84. The van der Waals surface area contributed by atoms with Crippen molar-refractivity contribution in [3.8, 4) is 11.8 Å². The minimum absolute atomic E-state index is 0.262. The third-order valence-electron chi connectivity index (χ3n) is 2.83. The summed E-state index contributed by atoms with van der Waals surface area (Å²) in [6.07, 6.45) is 1.99. The number of hydrogen-bond donors (Lipinski definition) is 2. The number of carbonyl (C=O) groups is 2. The second kappa shape index (κ2) is 8.59. The SMILES string of the molecule is CCCCC(NC(=O)COc1ccc(C#N)cc1)C(=O)O. The zero-order valence-electron chi connectivity index (χ0n) is 11.8. The van der Waals surface area contributed by atoms with E-state index in [1.54, 1.807) is 24.3 Å². The van der Waals surface area contributed by atoms with Crippen LogP contribution in [0.3, 0.4) is 0 Å². The number of carboxylic acid groups (broad SMARTS) is 1. The Morgan fingerprint density at radius 2 is 2.05 bits per heavy atom. The van der Waals surface area contributed by atoms with E-state index in [2.05, 4.69) is 5.32 Å². The first kappa shape index (κ1) is 16.5. The van der Waals surface area contributed by atoms with Crippen LogP contribution in [0.4, 0.5) is 0 Å². The first-order chi connectivity index (χ1) is 10.1. The van der Waals surface area contributed by atoms with Crippen LogP contribution in [0, 0.1) is 11.3 Å². The molecule has 0 bridgehead atoms. The van der Waals surface area contributed by atoms with Crippen LogP contribution < -0.4 is 10.1 Å². The zero-order valence-corrected chi connectivity index (χ0v) is 11.8. The molecular weight excluding hydrogens is 272 g/mol. The van der Waals surface area contributed by atoms with Crippen LogP contribution in [-0.2, 0) is 9.59 Å². The summed E-state index contributed by atoms with van der Waals surface area (Å²) in [6, 6.07) is 7.41. The molecule has 0 aliphatic carbocycles. The zero-order chi connectivity index (χ0) is 15.7. The third-order valence-corrected chi connectivity index (χ3v) is 2.83. The van der Waals surface area contributed by atoms with E-state index in [1.807, 2.05) is 13.0 Å². The Labute approximate surface area is 123 Å². The summed E-state index contributed by atoms with van der Waals surface area (Å²) in [6.45, 7) is 1.69. The van der Waals surface area contributed by atoms with E-state index in [1.165, 1.54) is 0 Å². The molecule has 0 spiro atoms. The van der Waals surface area contributed by atoms with Gasteiger partial charge in [-0.3, -0.25) is 4.79 Å². The maximum Gasteiger partial charge on any atom is 0.326 e. The number of nitrogens with one attached hydrogen (secondary N) is 1. The highest BCUT2D eigenvalue weighted by atomic mass is 16.5. The van der Waals surface area contributed by atoms with Crippen molar-refractivity contribution in [3.05, 3.63) is 29.8 Å². The fourth-order valence-corrected chi connectivity index (χ4v) is 1.68. The van der Waals surface area contributed by atoms with Crippen molar-refractivity contribution in [2.24, 2.45) is 0 Å². The van der Waals surface area contributed by atoms with Gasteiger partial charge < -0.3 is 15.2 Å². The lowest BCUT2D eigenvalue weighted by atomic mass is 10.1. The summed E-state index contributed by atoms with van der Waals surface area (Å²) < 4.78 is 5.24. The van der Waals surface area contributed by atoms with Crippen LogP contribution in [0.1, 0.15) is 31.7 Å². The van der Waals surface area contributed by atoms with E-state index >= 15 is 0 Å². The van der Waals surface area contributed by atoms with E-state index in [-0.39, 0.29) is 6.61 Å². The maximum absolute atomic E-state index is 11.7. The molecule has 6 heteroatoms. The molecule has 0 saturated heterocycles. The number of hydrogen-bond acceptors (Lipinski definition) is 4. The standard InChI is InChI=1S/C15H18N2O4/c1-2-3-4-13(15(19)20)17-14(18)10-21-12-7-5-11(9-16)6-8-12/h5-8,13H,2-4,10H2,1H3,(H,17,18)(H,19,20). The van der Waals surface area contributed by atoms with E-state index in [9.17, 15) is 9.59 Å². The van der Waals surface area contributed by atoms with Gasteiger partial charge in [-0.25, -0.2) is 4.79 Å². The summed E-state index contributed by atoms with van der Waals surface area (Å²) in [5, 5.41) is 20.1. The van der Waals surface area contributed by atoms with Crippen molar-refractivity contribution in [2.75, 3.05) is 6.61 Å². The van der Waals surface area contributed by atoms with Gasteiger partial charge in [-0.1, -0.05) is 19.8 Å². The smallest absolute Gasteiger partial charge is 0.326 e. The van der Waals surface area contributed by atoms with Gasteiger partial charge in [0.25, 0.3) is 5.91 Å². The molecule has 21 heavy (non-hydrogen) atoms. The van der Waals surface area contributed by atoms with E-state index in [0.717, 1.165) is 12.8 Å². The average Bonchev–Trinajstić information content (AvgIpc) is 2.49. The van der Waals surface area contributed by atoms with E-state index in [0.29, 0.717) is 17.7 Å². The largest absolute Gasteiger partial charge is 0.484 e. The molecule has 1 amide bonds. The molecule has 0 heterocycles. The molecule has 0 aliphatic heterocycles. The fraction of sp³-hybridized carbons (Fsp3) is 0.400. The number of benzene rings is 1. The van der Waals surface area contributed by atoms with Gasteiger partial charge in [-0.15, -0.1) is 0 Å². The summed E-state index contributed by atoms with van der Waals surface area (Å²) in [5.74, 6) is -1.08. The second-order valence-corrected chi connectivity index (χ2v) is 4.53. The lowest BCUT2D eigenvalue weighted by molar-refractivity contribution is -0.142. The Balaban J connectivity index is 2.44. The van der Waals surface area contributed by atoms with Crippen molar-refractivity contribution < 1.29 is 19.4 Å². The highest BCUT2D eigenvalue weighted by Crippen LogP contribution is 2.11. The number of carboxylic acids is 1. The molecule has 1 unspecified atom stereocenters. The molecule has 1 aromatic carbocycles. The van der Waals surface area contributed by atoms with Gasteiger partial charge >= 0.3 is 5.97 Å². The number of rotatable bonds is 8. The predicted molar refractivity (Wildman–Crippen MR) is 75.7 cm³/mol. The lowest BCUT2D eigenvalue weighted by Gasteiger charge is -2.14. The number of ether oxygens (including phenoxy) is 1. The number of aliphatic carboxylic acids is 1. The van der Waals surface area contributed by atoms with Crippen LogP contribution in [-0.4, -0.2) is 29.6 Å². The summed E-state index contributed by atoms with van der Waals surface area (Å²) >= 11 is 0. The Morgan fingerprint density at radius 3 is 2.57 bits per heavy atom. The molecular formula is C15H18N2O4. The minimum atomic E-state index is -1.05. The summed E-state index contributed by atoms with van der Waals surface area (Å²) in [7, 11) is 0. The lowest BCUT2D eigenvalue weighted by Crippen LogP contribution is -2.42. The molecule has 1 aromatic rings. The van der Waals surface area contributed by atoms with Gasteiger partial charge in [0.1, 0.15) is 11.8 Å². The topological polar surface area (TPSA) is 99.4 Å². The average molecular weight is 290 g/mol. The van der Waals surface area contributed by atoms with Crippen molar-refractivity contribution in [1.29, 1.82) is 5.26 Å². The summed E-state index contributed by atoms with van der Waals surface area (Å²) in [5.41, 5.74) is 0.498. The van der Waals surface area contributed by atoms with Crippen LogP contribution in [0.2, 0.25) is 0 Å². The van der Waals surface area contributed by atoms with Crippen LogP contribution in [0.5, 0.6) is 5.75 Å². The Kier molecular flexibility index (Phi) is 6.75. The molecule has 0 saturated carbocycles. The monoisotopic (exact) mass is 290 g/mol. The van der Waals surface area contributed by atoms with E-state index < -0.39 is 17.9 Å². The molecule has 0 fully saturated rings. The third kappa shape index (κ3) is 5.95. The number of nitriles is 1. The van der Waals surface area contributed by atoms with Crippen molar-refractivity contribution in [2.45, 2.75) is 32.2 Å². The molecule has 1 rings (SSSR count). The van der Waals surface area contributed by atoms with E-state index in [4.69, 9.17) is 15.1 Å². The van der Waals surface area contributed by atoms with Crippen molar-refractivity contribution in [3.63, 3.8) is 0 Å². The first-order valence-corrected chi connectivity index (χ1v) is 6.72. The van der Waals surface area contributed by atoms with Crippen LogP contribution in [0.15, 0.2) is 24.3 Å². The van der Waals surface area contributed by atoms with Crippen LogP contribution in [0.25, 0.3) is 0 Å². The molecule has 0 radical (unpaired) electrons. The Bertz CT molecular complexity index is 519. The Hall–Kier alpha value is -2.55. The molecule has 6 nitrogen and oxygen atoms in total. The fourth-order valence-electron chi connectivity index (χ4n) is 1.68. The molecule has 112 valence electrons. The van der Waals surface area contributed by atoms with Gasteiger partial charge in [0.15, 0.2) is 6.61 Å². The van der Waals surface area contributed by atoms with Gasteiger partial charge in [0, 0.05) is 0 Å². The summed E-state index contributed by atoms with van der Waals surface area (Å²) in [4.78, 5) is 22.7. The highest BCUT2D eigenvalue weighted by Gasteiger charge is 2.19. The molecule has 0 aromatic heterocycles. The number of unbranched alkanes of at least 4 members (excludes halogenated alkanes) is 1. The van der Waals surface area contributed by atoms with Crippen LogP contribution >= 0.6 is 0 Å². The quantitative estimate of drug-likeness (QED) is 0.759. The predicted octanol–water partition coefficient (Wildman–Crippen LogP) is 1.70. The van der Waals surface area contributed by atoms with Crippen molar-refractivity contribution >= 4 is 11.9 Å². The van der Waals surface area contributed by atoms with Gasteiger partial charge in [0.05, 0.1) is 11.6 Å². The maximum atomic E-state index is 11.7. The first-order valence-electron chi connectivity index (χ1n) is 6.72. The second-order valence-electron chi connectivity index (χ2n) is 4.53. The van der Waals surface area contributed by atoms with Gasteiger partial charge in [-0.2, -0.15) is 5.26 Å². The molecule has 2 N–H and O–H groups in total. The van der Waals surface area contributed by atoms with Crippen molar-refractivity contribution in [1.82, 2.24) is 5.32 Å². The van der Waals surface area contributed by atoms with Gasteiger partial charge in [-0.05, 0) is 30.7 Å². The number of amides is 1.